The van der Waals surface area contributed by atoms with Crippen molar-refractivity contribution in [2.75, 3.05) is 26.4 Å². The molecule has 0 bridgehead atoms. The summed E-state index contributed by atoms with van der Waals surface area (Å²) < 4.78 is 32.9. The second-order valence-corrected chi connectivity index (χ2v) is 17.7. The Balaban J connectivity index is 4.12. The number of hydrogen-bond acceptors (Lipinski definition) is 8. The van der Waals surface area contributed by atoms with Crippen LogP contribution in [0.5, 0.6) is 0 Å². The molecule has 0 rings (SSSR count). The number of rotatable bonds is 46. The van der Waals surface area contributed by atoms with E-state index in [1.54, 1.807) is 0 Å². The maximum absolute atomic E-state index is 12.7. The molecule has 10 heteroatoms. The van der Waals surface area contributed by atoms with E-state index >= 15 is 0 Å². The molecule has 378 valence electrons. The van der Waals surface area contributed by atoms with Crippen LogP contribution in [-0.2, 0) is 32.7 Å². The maximum atomic E-state index is 12.7. The molecule has 0 aliphatic heterocycles. The first-order valence-corrected chi connectivity index (χ1v) is 27.2. The van der Waals surface area contributed by atoms with Gasteiger partial charge in [0.1, 0.15) is 6.61 Å². The van der Waals surface area contributed by atoms with Gasteiger partial charge in [0.05, 0.1) is 13.2 Å². The Morgan fingerprint density at radius 3 is 1.15 bits per heavy atom. The average Bonchev–Trinajstić information content (AvgIpc) is 3.32. The van der Waals surface area contributed by atoms with Gasteiger partial charge in [-0.25, -0.2) is 4.57 Å². The largest absolute Gasteiger partial charge is 0.472 e. The lowest BCUT2D eigenvalue weighted by Gasteiger charge is -2.19. The standard InChI is InChI=1S/C57H92NO8P/c1-3-5-7-9-11-13-15-17-19-20-21-22-23-24-25-26-27-28-29-30-31-32-33-34-36-38-40-42-44-46-48-50-57(60)66-55(54-65-67(61,62)64-52-51-58)53-63-56(59)49-47-45-43-41-39-37-35-18-16-14-12-10-8-6-4-2/h5-8,11-14,17-19,21-22,24-25,27-28,30-31,33-35,55H,3-4,9-10,15-16,20,23,26,29,32,36-54,58H2,1-2H3,(H,61,62)/b7-5-,8-6-,13-11-,14-12-,19-17-,22-21-,25-24-,28-27-,31-30-,34-33-,35-18-. The Bertz CT molecular complexity index is 1550. The number of phosphoric ester groups is 1. The summed E-state index contributed by atoms with van der Waals surface area (Å²) in [6, 6.07) is 0. The Kier molecular flexibility index (Phi) is 48.6. The lowest BCUT2D eigenvalue weighted by atomic mass is 10.1. The third kappa shape index (κ3) is 51.4. The Labute approximate surface area is 408 Å². The van der Waals surface area contributed by atoms with Crippen molar-refractivity contribution in [3.8, 4) is 0 Å². The highest BCUT2D eigenvalue weighted by Crippen LogP contribution is 2.43. The van der Waals surface area contributed by atoms with Gasteiger partial charge < -0.3 is 20.1 Å². The van der Waals surface area contributed by atoms with Crippen molar-refractivity contribution in [1.29, 1.82) is 0 Å². The molecule has 0 aliphatic carbocycles. The smallest absolute Gasteiger partial charge is 0.462 e. The van der Waals surface area contributed by atoms with E-state index in [2.05, 4.69) is 148 Å². The van der Waals surface area contributed by atoms with Crippen LogP contribution >= 0.6 is 7.82 Å². The molecule has 0 aromatic heterocycles. The summed E-state index contributed by atoms with van der Waals surface area (Å²) in [6.45, 7) is 3.44. The van der Waals surface area contributed by atoms with E-state index in [1.807, 2.05) is 0 Å². The van der Waals surface area contributed by atoms with E-state index in [0.717, 1.165) is 141 Å². The van der Waals surface area contributed by atoms with Gasteiger partial charge in [-0.05, 0) is 109 Å². The van der Waals surface area contributed by atoms with Crippen molar-refractivity contribution in [3.63, 3.8) is 0 Å². The van der Waals surface area contributed by atoms with Crippen molar-refractivity contribution >= 4 is 19.8 Å². The molecule has 67 heavy (non-hydrogen) atoms. The molecule has 0 saturated carbocycles. The van der Waals surface area contributed by atoms with Gasteiger partial charge in [0.25, 0.3) is 0 Å². The van der Waals surface area contributed by atoms with E-state index in [9.17, 15) is 19.0 Å². The molecule has 0 amide bonds. The van der Waals surface area contributed by atoms with Gasteiger partial charge in [0.2, 0.25) is 0 Å². The van der Waals surface area contributed by atoms with Crippen LogP contribution < -0.4 is 5.73 Å². The van der Waals surface area contributed by atoms with Gasteiger partial charge in [0.15, 0.2) is 6.10 Å². The quantitative estimate of drug-likeness (QED) is 0.0265. The molecule has 0 aliphatic rings. The van der Waals surface area contributed by atoms with Crippen LogP contribution in [0.4, 0.5) is 0 Å². The Morgan fingerprint density at radius 1 is 0.448 bits per heavy atom. The van der Waals surface area contributed by atoms with E-state index in [-0.39, 0.29) is 32.6 Å². The zero-order valence-electron chi connectivity index (χ0n) is 41.8. The lowest BCUT2D eigenvalue weighted by Crippen LogP contribution is -2.29. The Hall–Kier alpha value is -3.85. The third-order valence-corrected chi connectivity index (χ3v) is 11.0. The fraction of sp³-hybridized carbons (Fsp3) is 0.579. The maximum Gasteiger partial charge on any atom is 0.472 e. The van der Waals surface area contributed by atoms with Crippen LogP contribution in [0.1, 0.15) is 181 Å². The van der Waals surface area contributed by atoms with Gasteiger partial charge in [-0.2, -0.15) is 0 Å². The highest BCUT2D eigenvalue weighted by atomic mass is 31.2. The minimum absolute atomic E-state index is 0.0403. The molecule has 2 atom stereocenters. The molecule has 3 N–H and O–H groups in total. The zero-order valence-corrected chi connectivity index (χ0v) is 42.7. The summed E-state index contributed by atoms with van der Waals surface area (Å²) in [4.78, 5) is 35.0. The van der Waals surface area contributed by atoms with Gasteiger partial charge in [-0.3, -0.25) is 18.6 Å². The molecule has 0 spiro atoms. The molecule has 0 aromatic rings. The summed E-state index contributed by atoms with van der Waals surface area (Å²) in [5.41, 5.74) is 5.36. The predicted octanol–water partition coefficient (Wildman–Crippen LogP) is 15.8. The summed E-state index contributed by atoms with van der Waals surface area (Å²) in [7, 11) is -4.40. The lowest BCUT2D eigenvalue weighted by molar-refractivity contribution is -0.161. The predicted molar refractivity (Wildman–Crippen MR) is 284 cm³/mol. The molecule has 0 saturated heterocycles. The summed E-state index contributed by atoms with van der Waals surface area (Å²) >= 11 is 0. The van der Waals surface area contributed by atoms with Crippen molar-refractivity contribution in [1.82, 2.24) is 0 Å². The van der Waals surface area contributed by atoms with E-state index in [1.165, 1.54) is 0 Å². The molecule has 2 unspecified atom stereocenters. The first-order valence-electron chi connectivity index (χ1n) is 25.7. The molecule has 9 nitrogen and oxygen atoms in total. The number of esters is 2. The first kappa shape index (κ1) is 63.1. The first-order chi connectivity index (χ1) is 32.8. The third-order valence-electron chi connectivity index (χ3n) is 10.0. The van der Waals surface area contributed by atoms with E-state index < -0.39 is 32.5 Å². The van der Waals surface area contributed by atoms with E-state index in [4.69, 9.17) is 24.3 Å². The van der Waals surface area contributed by atoms with Crippen LogP contribution in [-0.4, -0.2) is 49.3 Å². The van der Waals surface area contributed by atoms with Gasteiger partial charge in [-0.1, -0.05) is 192 Å². The van der Waals surface area contributed by atoms with Crippen LogP contribution in [0.3, 0.4) is 0 Å². The van der Waals surface area contributed by atoms with Gasteiger partial charge >= 0.3 is 19.8 Å². The number of allylic oxidation sites excluding steroid dienone is 22. The number of ether oxygens (including phenoxy) is 2. The minimum atomic E-state index is -4.40. The van der Waals surface area contributed by atoms with Crippen LogP contribution in [0.2, 0.25) is 0 Å². The van der Waals surface area contributed by atoms with Crippen LogP contribution in [0.25, 0.3) is 0 Å². The van der Waals surface area contributed by atoms with Gasteiger partial charge in [0, 0.05) is 19.4 Å². The molecular formula is C57H92NO8P. The normalized spacial score (nSPS) is 14.3. The summed E-state index contributed by atoms with van der Waals surface area (Å²) in [5, 5.41) is 0. The highest BCUT2D eigenvalue weighted by Gasteiger charge is 2.26. The van der Waals surface area contributed by atoms with E-state index in [0.29, 0.717) is 12.8 Å². The van der Waals surface area contributed by atoms with Crippen molar-refractivity contribution in [2.24, 2.45) is 5.73 Å². The number of phosphoric acid groups is 1. The van der Waals surface area contributed by atoms with Crippen molar-refractivity contribution in [2.45, 2.75) is 187 Å². The highest BCUT2D eigenvalue weighted by molar-refractivity contribution is 7.47. The van der Waals surface area contributed by atoms with Crippen molar-refractivity contribution < 1.29 is 37.6 Å². The second kappa shape index (κ2) is 51.5. The fourth-order valence-corrected chi connectivity index (χ4v) is 7.08. The monoisotopic (exact) mass is 950 g/mol. The average molecular weight is 950 g/mol. The minimum Gasteiger partial charge on any atom is -0.462 e. The fourth-order valence-electron chi connectivity index (χ4n) is 6.31. The SMILES string of the molecule is CC/C=C\C/C=C\C/C=C\C/C=C\C/C=C\C/C=C\C/C=C\C/C=C\CCCCCCCCC(=O)OC(COC(=O)CCCCCCC/C=C\C/C=C\C/C=C\CC)COP(=O)(O)OCCN. The summed E-state index contributed by atoms with van der Waals surface area (Å²) in [5.74, 6) is -0.878. The number of unbranched alkanes of at least 4 members (excludes halogenated alkanes) is 11. The zero-order chi connectivity index (χ0) is 48.8. The number of nitrogens with two attached hydrogens (primary N) is 1. The van der Waals surface area contributed by atoms with Crippen LogP contribution in [0.15, 0.2) is 134 Å². The molecule has 0 aromatic carbocycles. The molecule has 0 heterocycles. The Morgan fingerprint density at radius 2 is 0.776 bits per heavy atom. The topological polar surface area (TPSA) is 134 Å². The molecule has 0 fully saturated rings. The number of carbonyl (C=O) groups excluding carboxylic acids is 2. The van der Waals surface area contributed by atoms with Crippen molar-refractivity contribution in [3.05, 3.63) is 134 Å². The molecule has 0 radical (unpaired) electrons. The summed E-state index contributed by atoms with van der Waals surface area (Å²) in [6.07, 6.45) is 72.1. The molecular weight excluding hydrogens is 858 g/mol. The number of carbonyl (C=O) groups is 2. The van der Waals surface area contributed by atoms with Gasteiger partial charge in [-0.15, -0.1) is 0 Å². The second-order valence-electron chi connectivity index (χ2n) is 16.3. The number of hydrogen-bond donors (Lipinski definition) is 2. The van der Waals surface area contributed by atoms with Crippen LogP contribution in [0, 0.1) is 0 Å².